The normalized spacial score (nSPS) is 10.4. The van der Waals surface area contributed by atoms with Gasteiger partial charge in [0.1, 0.15) is 11.4 Å². The molecule has 0 aliphatic heterocycles. The van der Waals surface area contributed by atoms with Gasteiger partial charge >= 0.3 is 0 Å². The second-order valence-electron chi connectivity index (χ2n) is 6.15. The quantitative estimate of drug-likeness (QED) is 0.725. The number of carbonyl (C=O) groups excluding carboxylic acids is 2. The molecule has 0 fully saturated rings. The minimum Gasteiger partial charge on any atom is -0.484 e. The van der Waals surface area contributed by atoms with E-state index in [0.29, 0.717) is 22.2 Å². The fourth-order valence-corrected chi connectivity index (χ4v) is 2.44. The number of nitrogens with zero attached hydrogens (tertiary/aromatic N) is 1. The van der Waals surface area contributed by atoms with Gasteiger partial charge in [0.2, 0.25) is 0 Å². The third-order valence-electron chi connectivity index (χ3n) is 3.97. The minimum atomic E-state index is -0.422. The summed E-state index contributed by atoms with van der Waals surface area (Å²) in [5.41, 5.74) is 0.406. The van der Waals surface area contributed by atoms with Crippen molar-refractivity contribution in [2.75, 3.05) is 26.0 Å². The fourth-order valence-electron chi connectivity index (χ4n) is 2.44. The van der Waals surface area contributed by atoms with Gasteiger partial charge < -0.3 is 19.9 Å². The molecule has 138 valence electrons. The first-order chi connectivity index (χ1) is 12.9. The molecule has 27 heavy (non-hydrogen) atoms. The summed E-state index contributed by atoms with van der Waals surface area (Å²) in [5, 5.41) is 3.95. The molecule has 0 bridgehead atoms. The van der Waals surface area contributed by atoms with Crippen LogP contribution in [-0.4, -0.2) is 42.4 Å². The molecule has 0 radical (unpaired) electrons. The van der Waals surface area contributed by atoms with Crippen LogP contribution in [0.4, 0.5) is 5.69 Å². The highest BCUT2D eigenvalue weighted by Crippen LogP contribution is 2.17. The van der Waals surface area contributed by atoms with Crippen molar-refractivity contribution in [3.05, 3.63) is 70.6 Å². The molecule has 2 N–H and O–H groups in total. The van der Waals surface area contributed by atoms with Crippen molar-refractivity contribution < 1.29 is 14.3 Å². The Morgan fingerprint density at radius 1 is 1.07 bits per heavy atom. The molecule has 2 amide bonds. The SMILES string of the molecule is CN(C)C(=O)COc1ccc(NC(=O)c2cc3ccccc3c(=O)[nH]2)cc1. The number of hydrogen-bond donors (Lipinski definition) is 2. The Morgan fingerprint density at radius 2 is 1.78 bits per heavy atom. The van der Waals surface area contributed by atoms with Gasteiger partial charge in [-0.15, -0.1) is 0 Å². The highest BCUT2D eigenvalue weighted by Gasteiger charge is 2.10. The van der Waals surface area contributed by atoms with Gasteiger partial charge in [0, 0.05) is 25.2 Å². The molecular weight excluding hydrogens is 346 g/mol. The summed E-state index contributed by atoms with van der Waals surface area (Å²) < 4.78 is 5.39. The number of aromatic amines is 1. The Kier molecular flexibility index (Phi) is 5.21. The van der Waals surface area contributed by atoms with Gasteiger partial charge in [-0.05, 0) is 41.8 Å². The largest absolute Gasteiger partial charge is 0.484 e. The molecule has 0 saturated heterocycles. The van der Waals surface area contributed by atoms with E-state index in [9.17, 15) is 14.4 Å². The Labute approximate surface area is 155 Å². The molecule has 0 atom stereocenters. The van der Waals surface area contributed by atoms with Crippen LogP contribution in [0.5, 0.6) is 5.75 Å². The van der Waals surface area contributed by atoms with E-state index in [0.717, 1.165) is 0 Å². The first-order valence-electron chi connectivity index (χ1n) is 8.30. The van der Waals surface area contributed by atoms with E-state index < -0.39 is 5.91 Å². The van der Waals surface area contributed by atoms with E-state index in [1.165, 1.54) is 4.90 Å². The summed E-state index contributed by atoms with van der Waals surface area (Å²) in [4.78, 5) is 40.1. The number of anilines is 1. The van der Waals surface area contributed by atoms with Crippen LogP contribution >= 0.6 is 0 Å². The number of pyridine rings is 1. The molecule has 0 aliphatic carbocycles. The number of fused-ring (bicyclic) bond motifs is 1. The monoisotopic (exact) mass is 365 g/mol. The predicted molar refractivity (Wildman–Crippen MR) is 103 cm³/mol. The van der Waals surface area contributed by atoms with Crippen LogP contribution in [0.3, 0.4) is 0 Å². The summed E-state index contributed by atoms with van der Waals surface area (Å²) in [6.45, 7) is -0.0585. The first-order valence-corrected chi connectivity index (χ1v) is 8.30. The zero-order valence-corrected chi connectivity index (χ0v) is 15.0. The van der Waals surface area contributed by atoms with E-state index in [-0.39, 0.29) is 23.8 Å². The number of likely N-dealkylation sites (N-methyl/N-ethyl adjacent to an activating group) is 1. The van der Waals surface area contributed by atoms with Gasteiger partial charge in [-0.25, -0.2) is 0 Å². The van der Waals surface area contributed by atoms with E-state index in [4.69, 9.17) is 4.74 Å². The minimum absolute atomic E-state index is 0.0585. The van der Waals surface area contributed by atoms with Crippen molar-refractivity contribution in [3.63, 3.8) is 0 Å². The number of benzene rings is 2. The van der Waals surface area contributed by atoms with Crippen molar-refractivity contribution in [3.8, 4) is 5.75 Å². The number of aromatic nitrogens is 1. The first kappa shape index (κ1) is 18.2. The molecule has 0 unspecified atom stereocenters. The summed E-state index contributed by atoms with van der Waals surface area (Å²) in [5.74, 6) is -0.0516. The molecule has 3 aromatic rings. The van der Waals surface area contributed by atoms with Crippen molar-refractivity contribution in [2.45, 2.75) is 0 Å². The third-order valence-corrected chi connectivity index (χ3v) is 3.97. The lowest BCUT2D eigenvalue weighted by atomic mass is 10.1. The van der Waals surface area contributed by atoms with E-state index in [2.05, 4.69) is 10.3 Å². The molecule has 0 aliphatic rings. The summed E-state index contributed by atoms with van der Waals surface area (Å²) in [6.07, 6.45) is 0. The molecule has 2 aromatic carbocycles. The van der Waals surface area contributed by atoms with Gasteiger partial charge in [-0.2, -0.15) is 0 Å². The molecular formula is C20H19N3O4. The molecule has 0 saturated carbocycles. The maximum atomic E-state index is 12.4. The highest BCUT2D eigenvalue weighted by atomic mass is 16.5. The zero-order chi connectivity index (χ0) is 19.4. The smallest absolute Gasteiger partial charge is 0.272 e. The highest BCUT2D eigenvalue weighted by molar-refractivity contribution is 6.04. The maximum Gasteiger partial charge on any atom is 0.272 e. The number of carbonyl (C=O) groups is 2. The molecule has 7 nitrogen and oxygen atoms in total. The Bertz CT molecular complexity index is 1040. The second-order valence-corrected chi connectivity index (χ2v) is 6.15. The lowest BCUT2D eigenvalue weighted by Crippen LogP contribution is -2.27. The van der Waals surface area contributed by atoms with Crippen LogP contribution in [0, 0.1) is 0 Å². The Hall–Kier alpha value is -3.61. The van der Waals surface area contributed by atoms with Crippen molar-refractivity contribution in [2.24, 2.45) is 0 Å². The fraction of sp³-hybridized carbons (Fsp3) is 0.150. The number of rotatable bonds is 5. The topological polar surface area (TPSA) is 91.5 Å². The van der Waals surface area contributed by atoms with Crippen molar-refractivity contribution >= 4 is 28.3 Å². The van der Waals surface area contributed by atoms with E-state index in [1.807, 2.05) is 6.07 Å². The van der Waals surface area contributed by atoms with E-state index >= 15 is 0 Å². The lowest BCUT2D eigenvalue weighted by Gasteiger charge is -2.12. The molecule has 0 spiro atoms. The Balaban J connectivity index is 1.69. The molecule has 7 heteroatoms. The zero-order valence-electron chi connectivity index (χ0n) is 15.0. The van der Waals surface area contributed by atoms with E-state index in [1.54, 1.807) is 62.6 Å². The lowest BCUT2D eigenvalue weighted by molar-refractivity contribution is -0.130. The third kappa shape index (κ3) is 4.33. The van der Waals surface area contributed by atoms with Gasteiger partial charge in [-0.1, -0.05) is 18.2 Å². The van der Waals surface area contributed by atoms with Crippen LogP contribution in [0.2, 0.25) is 0 Å². The molecule has 3 rings (SSSR count). The number of hydrogen-bond acceptors (Lipinski definition) is 4. The van der Waals surface area contributed by atoms with Crippen LogP contribution in [0.25, 0.3) is 10.8 Å². The van der Waals surface area contributed by atoms with Crippen LogP contribution in [0.15, 0.2) is 59.4 Å². The standard InChI is InChI=1S/C20H19N3O4/c1-23(2)18(24)12-27-15-9-7-14(8-10-15)21-20(26)17-11-13-5-3-4-6-16(13)19(25)22-17/h3-11H,12H2,1-2H3,(H,21,26)(H,22,25). The van der Waals surface area contributed by atoms with Gasteiger partial charge in [0.05, 0.1) is 0 Å². The number of ether oxygens (including phenoxy) is 1. The van der Waals surface area contributed by atoms with Gasteiger partial charge in [-0.3, -0.25) is 14.4 Å². The second kappa shape index (κ2) is 7.74. The van der Waals surface area contributed by atoms with Crippen LogP contribution in [-0.2, 0) is 4.79 Å². The predicted octanol–water partition coefficient (Wildman–Crippen LogP) is 2.25. The molecule has 1 heterocycles. The van der Waals surface area contributed by atoms with Crippen molar-refractivity contribution in [1.29, 1.82) is 0 Å². The van der Waals surface area contributed by atoms with Crippen LogP contribution < -0.4 is 15.6 Å². The molecule has 1 aromatic heterocycles. The average molecular weight is 365 g/mol. The maximum absolute atomic E-state index is 12.4. The summed E-state index contributed by atoms with van der Waals surface area (Å²) in [6, 6.07) is 15.3. The average Bonchev–Trinajstić information content (AvgIpc) is 2.67. The van der Waals surface area contributed by atoms with Gasteiger partial charge in [0.15, 0.2) is 6.61 Å². The number of nitrogens with one attached hydrogen (secondary N) is 2. The van der Waals surface area contributed by atoms with Crippen molar-refractivity contribution in [1.82, 2.24) is 9.88 Å². The number of H-pyrrole nitrogens is 1. The van der Waals surface area contributed by atoms with Gasteiger partial charge in [0.25, 0.3) is 17.4 Å². The number of amides is 2. The Morgan fingerprint density at radius 3 is 2.48 bits per heavy atom. The van der Waals surface area contributed by atoms with Crippen LogP contribution in [0.1, 0.15) is 10.5 Å². The summed E-state index contributed by atoms with van der Waals surface area (Å²) in [7, 11) is 3.31. The summed E-state index contributed by atoms with van der Waals surface area (Å²) >= 11 is 0.